The predicted octanol–water partition coefficient (Wildman–Crippen LogP) is 1.59. The van der Waals surface area contributed by atoms with Gasteiger partial charge in [-0.2, -0.15) is 0 Å². The van der Waals surface area contributed by atoms with Gasteiger partial charge in [0.1, 0.15) is 6.54 Å². The number of carbonyl (C=O) groups is 2. The average molecular weight is 398 g/mol. The fraction of sp³-hybridized carbons (Fsp3) is 0.429. The molecule has 2 amide bonds. The Morgan fingerprint density at radius 1 is 1.07 bits per heavy atom. The van der Waals surface area contributed by atoms with Crippen LogP contribution in [0.4, 0.5) is 5.69 Å². The molecule has 1 heterocycles. The normalized spacial score (nSPS) is 14.4. The summed E-state index contributed by atoms with van der Waals surface area (Å²) in [6, 6.07) is 8.24. The number of nitrogens with one attached hydrogen (secondary N) is 1. The van der Waals surface area contributed by atoms with Crippen molar-refractivity contribution in [3.63, 3.8) is 0 Å². The van der Waals surface area contributed by atoms with Crippen LogP contribution in [0.2, 0.25) is 0 Å². The molecule has 0 unspecified atom stereocenters. The van der Waals surface area contributed by atoms with Crippen LogP contribution in [-0.4, -0.2) is 38.9 Å². The van der Waals surface area contributed by atoms with Crippen LogP contribution in [0.15, 0.2) is 46.1 Å². The van der Waals surface area contributed by atoms with E-state index in [-0.39, 0.29) is 18.5 Å². The standard InChI is InChI=1S/C21H26N4O4/c1-23(17-6-4-3-5-7-17)20(28)15-8-10-16(11-9-15)22-18(26)14-25-13-12-19(27)24(2)21(25)29/h8-13,17H,3-7,14H2,1-2H3,(H,22,26). The summed E-state index contributed by atoms with van der Waals surface area (Å²) in [5.41, 5.74) is 0.125. The van der Waals surface area contributed by atoms with Gasteiger partial charge >= 0.3 is 5.69 Å². The number of amides is 2. The zero-order valence-electron chi connectivity index (χ0n) is 16.8. The van der Waals surface area contributed by atoms with Gasteiger partial charge in [0, 0.05) is 43.7 Å². The van der Waals surface area contributed by atoms with E-state index in [0.29, 0.717) is 11.3 Å². The molecule has 3 rings (SSSR count). The van der Waals surface area contributed by atoms with E-state index in [2.05, 4.69) is 5.32 Å². The van der Waals surface area contributed by atoms with Crippen molar-refractivity contribution in [3.8, 4) is 0 Å². The van der Waals surface area contributed by atoms with Gasteiger partial charge in [-0.05, 0) is 37.1 Å². The zero-order chi connectivity index (χ0) is 21.0. The maximum absolute atomic E-state index is 12.7. The first-order valence-corrected chi connectivity index (χ1v) is 9.80. The molecular formula is C21H26N4O4. The molecule has 0 aliphatic heterocycles. The minimum atomic E-state index is -0.556. The summed E-state index contributed by atoms with van der Waals surface area (Å²) in [4.78, 5) is 50.2. The highest BCUT2D eigenvalue weighted by Gasteiger charge is 2.22. The number of hydrogen-bond donors (Lipinski definition) is 1. The maximum Gasteiger partial charge on any atom is 0.331 e. The van der Waals surface area contributed by atoms with E-state index >= 15 is 0 Å². The van der Waals surface area contributed by atoms with E-state index in [4.69, 9.17) is 0 Å². The lowest BCUT2D eigenvalue weighted by atomic mass is 9.94. The van der Waals surface area contributed by atoms with Gasteiger partial charge < -0.3 is 10.2 Å². The van der Waals surface area contributed by atoms with Crippen LogP contribution in [0.5, 0.6) is 0 Å². The van der Waals surface area contributed by atoms with Gasteiger partial charge in [0.15, 0.2) is 0 Å². The number of hydrogen-bond acceptors (Lipinski definition) is 4. The van der Waals surface area contributed by atoms with Gasteiger partial charge in [-0.1, -0.05) is 19.3 Å². The van der Waals surface area contributed by atoms with Crippen molar-refractivity contribution in [2.75, 3.05) is 12.4 Å². The molecule has 1 aliphatic carbocycles. The Morgan fingerprint density at radius 3 is 2.38 bits per heavy atom. The third-order valence-electron chi connectivity index (χ3n) is 5.43. The molecule has 1 aromatic heterocycles. The van der Waals surface area contributed by atoms with Gasteiger partial charge in [-0.15, -0.1) is 0 Å². The highest BCUT2D eigenvalue weighted by molar-refractivity contribution is 5.95. The maximum atomic E-state index is 12.7. The summed E-state index contributed by atoms with van der Waals surface area (Å²) in [5, 5.41) is 2.70. The smallest absolute Gasteiger partial charge is 0.331 e. The summed E-state index contributed by atoms with van der Waals surface area (Å²) in [5.74, 6) is -0.421. The van der Waals surface area contributed by atoms with Gasteiger partial charge in [0.05, 0.1) is 0 Å². The van der Waals surface area contributed by atoms with Crippen LogP contribution in [0, 0.1) is 0 Å². The van der Waals surface area contributed by atoms with Gasteiger partial charge in [-0.25, -0.2) is 4.79 Å². The second kappa shape index (κ2) is 8.89. The number of carbonyl (C=O) groups excluding carboxylic acids is 2. The van der Waals surface area contributed by atoms with Crippen molar-refractivity contribution in [3.05, 3.63) is 62.9 Å². The fourth-order valence-corrected chi connectivity index (χ4v) is 3.63. The Hall–Kier alpha value is -3.16. The highest BCUT2D eigenvalue weighted by atomic mass is 16.2. The second-order valence-corrected chi connectivity index (χ2v) is 7.46. The molecule has 0 atom stereocenters. The van der Waals surface area contributed by atoms with Gasteiger partial charge in [0.2, 0.25) is 5.91 Å². The molecule has 0 spiro atoms. The van der Waals surface area contributed by atoms with Crippen LogP contribution in [0.3, 0.4) is 0 Å². The van der Waals surface area contributed by atoms with Crippen molar-refractivity contribution in [2.24, 2.45) is 7.05 Å². The largest absolute Gasteiger partial charge is 0.339 e. The number of rotatable bonds is 5. The first-order valence-electron chi connectivity index (χ1n) is 9.80. The van der Waals surface area contributed by atoms with Crippen molar-refractivity contribution in [1.82, 2.24) is 14.0 Å². The van der Waals surface area contributed by atoms with E-state index < -0.39 is 17.2 Å². The van der Waals surface area contributed by atoms with E-state index in [9.17, 15) is 19.2 Å². The van der Waals surface area contributed by atoms with Crippen LogP contribution in [0.1, 0.15) is 42.5 Å². The van der Waals surface area contributed by atoms with E-state index in [1.54, 1.807) is 24.3 Å². The molecule has 8 nitrogen and oxygen atoms in total. The van der Waals surface area contributed by atoms with Crippen LogP contribution in [-0.2, 0) is 18.4 Å². The fourth-order valence-electron chi connectivity index (χ4n) is 3.63. The molecule has 0 bridgehead atoms. The van der Waals surface area contributed by atoms with Gasteiger partial charge in [-0.3, -0.25) is 23.5 Å². The molecule has 2 aromatic rings. The van der Waals surface area contributed by atoms with E-state index in [0.717, 1.165) is 34.8 Å². The molecule has 1 N–H and O–H groups in total. The van der Waals surface area contributed by atoms with Crippen molar-refractivity contribution >= 4 is 17.5 Å². The van der Waals surface area contributed by atoms with Crippen molar-refractivity contribution in [1.29, 1.82) is 0 Å². The third kappa shape index (κ3) is 4.82. The Morgan fingerprint density at radius 2 is 1.72 bits per heavy atom. The summed E-state index contributed by atoms with van der Waals surface area (Å²) in [7, 11) is 3.21. The summed E-state index contributed by atoms with van der Waals surface area (Å²) < 4.78 is 2.10. The Balaban J connectivity index is 1.62. The molecule has 1 aliphatic rings. The molecular weight excluding hydrogens is 372 g/mol. The SMILES string of the molecule is CN(C(=O)c1ccc(NC(=O)Cn2ccc(=O)n(C)c2=O)cc1)C1CCCCC1. The van der Waals surface area contributed by atoms with E-state index in [1.165, 1.54) is 25.7 Å². The average Bonchev–Trinajstić information content (AvgIpc) is 2.74. The Labute approximate surface area is 168 Å². The lowest BCUT2D eigenvalue weighted by Crippen LogP contribution is -2.39. The van der Waals surface area contributed by atoms with Crippen LogP contribution in [0.25, 0.3) is 0 Å². The first-order chi connectivity index (χ1) is 13.9. The quantitative estimate of drug-likeness (QED) is 0.828. The lowest BCUT2D eigenvalue weighted by Gasteiger charge is -2.31. The minimum absolute atomic E-state index is 0.0217. The van der Waals surface area contributed by atoms with Crippen molar-refractivity contribution < 1.29 is 9.59 Å². The van der Waals surface area contributed by atoms with Gasteiger partial charge in [0.25, 0.3) is 11.5 Å². The van der Waals surface area contributed by atoms with E-state index in [1.807, 2.05) is 11.9 Å². The molecule has 1 saturated carbocycles. The molecule has 1 aromatic carbocycles. The number of benzene rings is 1. The summed E-state index contributed by atoms with van der Waals surface area (Å²) in [6.07, 6.45) is 6.94. The molecule has 0 saturated heterocycles. The first kappa shape index (κ1) is 20.6. The molecule has 8 heteroatoms. The van der Waals surface area contributed by atoms with Crippen LogP contribution >= 0.6 is 0 Å². The minimum Gasteiger partial charge on any atom is -0.339 e. The number of anilines is 1. The monoisotopic (exact) mass is 398 g/mol. The summed E-state index contributed by atoms with van der Waals surface area (Å²) >= 11 is 0. The highest BCUT2D eigenvalue weighted by Crippen LogP contribution is 2.23. The molecule has 154 valence electrons. The Kier molecular flexibility index (Phi) is 6.31. The number of nitrogens with zero attached hydrogens (tertiary/aromatic N) is 3. The zero-order valence-corrected chi connectivity index (χ0v) is 16.8. The number of aromatic nitrogens is 2. The van der Waals surface area contributed by atoms with Crippen LogP contribution < -0.4 is 16.6 Å². The summed E-state index contributed by atoms with van der Waals surface area (Å²) in [6.45, 7) is -0.210. The predicted molar refractivity (Wildman–Crippen MR) is 110 cm³/mol. The molecule has 29 heavy (non-hydrogen) atoms. The Bertz CT molecular complexity index is 1000. The second-order valence-electron chi connectivity index (χ2n) is 7.46. The topological polar surface area (TPSA) is 93.4 Å². The third-order valence-corrected chi connectivity index (χ3v) is 5.43. The molecule has 1 fully saturated rings. The van der Waals surface area contributed by atoms with Crippen molar-refractivity contribution in [2.45, 2.75) is 44.7 Å². The molecule has 0 radical (unpaired) electrons. The lowest BCUT2D eigenvalue weighted by molar-refractivity contribution is -0.116.